The van der Waals surface area contributed by atoms with Crippen molar-refractivity contribution in [3.63, 3.8) is 0 Å². The van der Waals surface area contributed by atoms with Gasteiger partial charge in [-0.2, -0.15) is 17.9 Å². The van der Waals surface area contributed by atoms with Crippen LogP contribution in [0.1, 0.15) is 11.3 Å². The molecule has 0 saturated carbocycles. The zero-order valence-corrected chi connectivity index (χ0v) is 13.1. The molecule has 0 aliphatic carbocycles. The van der Waals surface area contributed by atoms with Crippen molar-refractivity contribution in [2.24, 2.45) is 16.0 Å². The maximum atomic E-state index is 12.7. The van der Waals surface area contributed by atoms with E-state index in [0.29, 0.717) is 5.69 Å². The number of nitrogens with zero attached hydrogens (tertiary/aromatic N) is 3. The highest BCUT2D eigenvalue weighted by Crippen LogP contribution is 2.35. The van der Waals surface area contributed by atoms with Gasteiger partial charge in [-0.15, -0.1) is 10.2 Å². The van der Waals surface area contributed by atoms with Gasteiger partial charge in [-0.25, -0.2) is 0 Å². The van der Waals surface area contributed by atoms with Crippen LogP contribution in [0.5, 0.6) is 0 Å². The number of nitrogens with one attached hydrogen (secondary N) is 1. The van der Waals surface area contributed by atoms with Crippen LogP contribution in [0.3, 0.4) is 0 Å². The lowest BCUT2D eigenvalue weighted by Crippen LogP contribution is -2.29. The standard InChI is InChI=1S/C12H9ClF3N5OS/c1-5-9(10(22)21(20-5)11(17)23)19-18-8-4-6(12(14,15)16)2-3-7(8)13/h2-4,20H,1H3,(H2,17,23). The highest BCUT2D eigenvalue weighted by molar-refractivity contribution is 7.80. The van der Waals surface area contributed by atoms with Crippen LogP contribution in [0.2, 0.25) is 5.02 Å². The van der Waals surface area contributed by atoms with Crippen LogP contribution >= 0.6 is 23.8 Å². The van der Waals surface area contributed by atoms with Gasteiger partial charge in [-0.3, -0.25) is 9.89 Å². The molecule has 0 radical (unpaired) electrons. The van der Waals surface area contributed by atoms with Crippen molar-refractivity contribution in [1.29, 1.82) is 0 Å². The van der Waals surface area contributed by atoms with E-state index in [2.05, 4.69) is 27.5 Å². The second kappa shape index (κ2) is 6.13. The third-order valence-corrected chi connectivity index (χ3v) is 3.29. The number of hydrogen-bond acceptors (Lipinski definition) is 4. The fourth-order valence-corrected chi connectivity index (χ4v) is 1.96. The van der Waals surface area contributed by atoms with E-state index in [9.17, 15) is 18.0 Å². The Kier molecular flexibility index (Phi) is 4.57. The molecule has 6 nitrogen and oxygen atoms in total. The van der Waals surface area contributed by atoms with Gasteiger partial charge in [0.15, 0.2) is 10.8 Å². The van der Waals surface area contributed by atoms with Crippen LogP contribution in [0.25, 0.3) is 0 Å². The average Bonchev–Trinajstić information content (AvgIpc) is 2.72. The summed E-state index contributed by atoms with van der Waals surface area (Å²) in [6.07, 6.45) is -4.54. The van der Waals surface area contributed by atoms with Crippen molar-refractivity contribution >= 4 is 40.3 Å². The monoisotopic (exact) mass is 363 g/mol. The zero-order valence-electron chi connectivity index (χ0n) is 11.5. The Balaban J connectivity index is 2.46. The molecule has 11 heteroatoms. The fraction of sp³-hybridized carbons (Fsp3) is 0.167. The fourth-order valence-electron chi connectivity index (χ4n) is 1.68. The summed E-state index contributed by atoms with van der Waals surface area (Å²) < 4.78 is 38.9. The molecule has 1 aromatic heterocycles. The molecule has 1 aromatic carbocycles. The minimum absolute atomic E-state index is 0.0374. The van der Waals surface area contributed by atoms with E-state index in [0.717, 1.165) is 22.9 Å². The largest absolute Gasteiger partial charge is 0.416 e. The molecule has 23 heavy (non-hydrogen) atoms. The maximum absolute atomic E-state index is 12.7. The number of nitrogens with two attached hydrogens (primary N) is 1. The highest BCUT2D eigenvalue weighted by atomic mass is 35.5. The summed E-state index contributed by atoms with van der Waals surface area (Å²) in [6.45, 7) is 1.51. The molecule has 0 atom stereocenters. The number of thiocarbonyl (C=S) groups is 1. The molecule has 0 aliphatic heterocycles. The van der Waals surface area contributed by atoms with E-state index < -0.39 is 17.3 Å². The van der Waals surface area contributed by atoms with Crippen LogP contribution in [0.15, 0.2) is 33.2 Å². The number of hydrogen-bond donors (Lipinski definition) is 2. The SMILES string of the molecule is Cc1[nH]n(C(N)=S)c(=O)c1N=Nc1cc(C(F)(F)F)ccc1Cl. The number of benzene rings is 1. The zero-order chi connectivity index (χ0) is 17.4. The highest BCUT2D eigenvalue weighted by Gasteiger charge is 2.31. The van der Waals surface area contributed by atoms with E-state index in [4.69, 9.17) is 17.3 Å². The lowest BCUT2D eigenvalue weighted by atomic mass is 10.2. The summed E-state index contributed by atoms with van der Waals surface area (Å²) in [6, 6.07) is 2.61. The molecule has 2 aromatic rings. The Morgan fingerprint density at radius 3 is 2.57 bits per heavy atom. The average molecular weight is 364 g/mol. The molecule has 0 amide bonds. The number of azo groups is 1. The third-order valence-electron chi connectivity index (χ3n) is 2.79. The number of aromatic nitrogens is 2. The number of H-pyrrole nitrogens is 1. The first-order valence-corrected chi connectivity index (χ1v) is 6.80. The predicted octanol–water partition coefficient (Wildman–Crippen LogP) is 3.66. The summed E-state index contributed by atoms with van der Waals surface area (Å²) in [4.78, 5) is 12.0. The molecule has 1 heterocycles. The summed E-state index contributed by atoms with van der Waals surface area (Å²) in [5, 5.41) is 9.58. The van der Waals surface area contributed by atoms with Crippen LogP contribution in [0, 0.1) is 6.92 Å². The second-order valence-corrected chi connectivity index (χ2v) is 5.25. The summed E-state index contributed by atoms with van der Waals surface area (Å²) in [5.41, 5.74) is 3.70. The Labute approximate surface area is 137 Å². The summed E-state index contributed by atoms with van der Waals surface area (Å²) in [5.74, 6) is 0. The van der Waals surface area contributed by atoms with Gasteiger partial charge >= 0.3 is 11.7 Å². The summed E-state index contributed by atoms with van der Waals surface area (Å²) in [7, 11) is 0. The van der Waals surface area contributed by atoms with Gasteiger partial charge in [-0.05, 0) is 37.3 Å². The number of aromatic amines is 1. The number of alkyl halides is 3. The Hall–Kier alpha value is -2.20. The van der Waals surface area contributed by atoms with Gasteiger partial charge in [0.1, 0.15) is 5.69 Å². The first-order chi connectivity index (χ1) is 10.6. The number of rotatable bonds is 2. The van der Waals surface area contributed by atoms with E-state index in [1.807, 2.05) is 0 Å². The molecule has 0 bridgehead atoms. The molecule has 0 unspecified atom stereocenters. The van der Waals surface area contributed by atoms with Gasteiger partial charge < -0.3 is 5.73 Å². The normalized spacial score (nSPS) is 12.0. The van der Waals surface area contributed by atoms with E-state index >= 15 is 0 Å². The van der Waals surface area contributed by atoms with Gasteiger partial charge in [0.05, 0.1) is 16.3 Å². The molecule has 0 saturated heterocycles. The molecule has 2 rings (SSSR count). The molecular weight excluding hydrogens is 355 g/mol. The van der Waals surface area contributed by atoms with Gasteiger partial charge in [0.2, 0.25) is 0 Å². The summed E-state index contributed by atoms with van der Waals surface area (Å²) >= 11 is 10.5. The smallest absolute Gasteiger partial charge is 0.374 e. The van der Waals surface area contributed by atoms with Crippen molar-refractivity contribution in [1.82, 2.24) is 9.78 Å². The first-order valence-electron chi connectivity index (χ1n) is 6.01. The molecule has 0 spiro atoms. The lowest BCUT2D eigenvalue weighted by Gasteiger charge is -2.07. The predicted molar refractivity (Wildman–Crippen MR) is 82.6 cm³/mol. The maximum Gasteiger partial charge on any atom is 0.416 e. The van der Waals surface area contributed by atoms with Crippen molar-refractivity contribution in [2.75, 3.05) is 0 Å². The van der Waals surface area contributed by atoms with Gasteiger partial charge in [-0.1, -0.05) is 11.6 Å². The van der Waals surface area contributed by atoms with Crippen LogP contribution in [-0.4, -0.2) is 14.9 Å². The van der Waals surface area contributed by atoms with Crippen LogP contribution < -0.4 is 11.3 Å². The topological polar surface area (TPSA) is 88.5 Å². The van der Waals surface area contributed by atoms with Gasteiger partial charge in [0, 0.05) is 0 Å². The Morgan fingerprint density at radius 2 is 2.04 bits per heavy atom. The van der Waals surface area contributed by atoms with Crippen molar-refractivity contribution in [2.45, 2.75) is 13.1 Å². The minimum atomic E-state index is -4.54. The Bertz CT molecular complexity index is 855. The molecule has 0 fully saturated rings. The molecule has 122 valence electrons. The van der Waals surface area contributed by atoms with Crippen LogP contribution in [-0.2, 0) is 6.18 Å². The van der Waals surface area contributed by atoms with Crippen molar-refractivity contribution < 1.29 is 13.2 Å². The number of halogens is 4. The van der Waals surface area contributed by atoms with Gasteiger partial charge in [0.25, 0.3) is 0 Å². The number of aryl methyl sites for hydroxylation is 1. The van der Waals surface area contributed by atoms with Crippen molar-refractivity contribution in [3.8, 4) is 0 Å². The quantitative estimate of drug-likeness (QED) is 0.630. The third kappa shape index (κ3) is 3.59. The van der Waals surface area contributed by atoms with E-state index in [-0.39, 0.29) is 21.5 Å². The lowest BCUT2D eigenvalue weighted by molar-refractivity contribution is -0.137. The molecule has 3 N–H and O–H groups in total. The van der Waals surface area contributed by atoms with E-state index in [1.54, 1.807) is 0 Å². The van der Waals surface area contributed by atoms with Crippen molar-refractivity contribution in [3.05, 3.63) is 44.8 Å². The second-order valence-electron chi connectivity index (χ2n) is 4.43. The first kappa shape index (κ1) is 17.2. The Morgan fingerprint density at radius 1 is 1.39 bits per heavy atom. The molecule has 0 aliphatic rings. The van der Waals surface area contributed by atoms with Crippen LogP contribution in [0.4, 0.5) is 24.5 Å². The van der Waals surface area contributed by atoms with E-state index in [1.165, 1.54) is 6.92 Å². The minimum Gasteiger partial charge on any atom is -0.374 e. The molecular formula is C12H9ClF3N5OS.